The number of carbonyl (C=O) groups is 3. The van der Waals surface area contributed by atoms with Crippen LogP contribution in [0, 0.1) is 5.92 Å². The minimum absolute atomic E-state index is 0.219. The van der Waals surface area contributed by atoms with Crippen LogP contribution in [0.2, 0.25) is 0 Å². The van der Waals surface area contributed by atoms with Crippen molar-refractivity contribution < 1.29 is 19.1 Å². The summed E-state index contributed by atoms with van der Waals surface area (Å²) in [5.41, 5.74) is 0.0450. The molecule has 3 aliphatic rings. The van der Waals surface area contributed by atoms with Crippen molar-refractivity contribution in [1.29, 1.82) is 0 Å². The second-order valence-electron chi connectivity index (χ2n) is 9.06. The fourth-order valence-corrected chi connectivity index (χ4v) is 4.94. The van der Waals surface area contributed by atoms with Gasteiger partial charge in [0.05, 0.1) is 0 Å². The third kappa shape index (κ3) is 4.83. The molecule has 1 aliphatic heterocycles. The van der Waals surface area contributed by atoms with Crippen molar-refractivity contribution in [2.24, 2.45) is 5.92 Å². The van der Waals surface area contributed by atoms with E-state index in [2.05, 4.69) is 22.5 Å². The molecule has 1 spiro atoms. The highest BCUT2D eigenvalue weighted by Crippen LogP contribution is 2.37. The van der Waals surface area contributed by atoms with Gasteiger partial charge in [-0.1, -0.05) is 13.3 Å². The molecule has 2 heterocycles. The van der Waals surface area contributed by atoms with Gasteiger partial charge in [0.25, 0.3) is 5.91 Å². The number of carbonyl (C=O) groups excluding carboxylic acids is 3. The highest BCUT2D eigenvalue weighted by Gasteiger charge is 2.52. The first-order valence-corrected chi connectivity index (χ1v) is 11.5. The van der Waals surface area contributed by atoms with E-state index in [1.165, 1.54) is 12.8 Å². The van der Waals surface area contributed by atoms with Crippen molar-refractivity contribution in [2.75, 3.05) is 6.54 Å². The molecule has 0 unspecified atom stereocenters. The van der Waals surface area contributed by atoms with E-state index < -0.39 is 11.6 Å². The Hall–Kier alpha value is -2.64. The molecule has 1 aromatic heterocycles. The number of hydrogen-bond donors (Lipinski definition) is 2. The third-order valence-corrected chi connectivity index (χ3v) is 6.96. The number of nitrogens with zero attached hydrogens (tertiary/aromatic N) is 2. The van der Waals surface area contributed by atoms with Crippen LogP contribution in [-0.4, -0.2) is 45.9 Å². The van der Waals surface area contributed by atoms with Crippen LogP contribution in [0.3, 0.4) is 0 Å². The molecular formula is C23H32N4O4. The predicted molar refractivity (Wildman–Crippen MR) is 114 cm³/mol. The maximum absolute atomic E-state index is 12.9. The molecule has 3 fully saturated rings. The van der Waals surface area contributed by atoms with Gasteiger partial charge in [0.2, 0.25) is 11.8 Å². The number of amides is 4. The average Bonchev–Trinajstić information content (AvgIpc) is 3.36. The molecule has 1 saturated heterocycles. The normalized spacial score (nSPS) is 26.4. The first-order chi connectivity index (χ1) is 15.0. The molecule has 2 N–H and O–H groups in total. The summed E-state index contributed by atoms with van der Waals surface area (Å²) in [5.74, 6) is 0.546. The van der Waals surface area contributed by atoms with Crippen LogP contribution in [0.1, 0.15) is 70.3 Å². The summed E-state index contributed by atoms with van der Waals surface area (Å²) in [7, 11) is 0. The molecule has 2 saturated carbocycles. The fourth-order valence-electron chi connectivity index (χ4n) is 4.94. The van der Waals surface area contributed by atoms with Crippen LogP contribution >= 0.6 is 0 Å². The number of nitrogens with one attached hydrogen (secondary N) is 2. The quantitative estimate of drug-likeness (QED) is 0.651. The van der Waals surface area contributed by atoms with Gasteiger partial charge in [-0.05, 0) is 68.9 Å². The van der Waals surface area contributed by atoms with E-state index in [1.54, 1.807) is 6.20 Å². The zero-order valence-corrected chi connectivity index (χ0v) is 18.2. The van der Waals surface area contributed by atoms with E-state index in [1.807, 2.05) is 12.1 Å². The molecule has 4 rings (SSSR count). The third-order valence-electron chi connectivity index (χ3n) is 6.96. The maximum atomic E-state index is 12.9. The Morgan fingerprint density at radius 3 is 2.71 bits per heavy atom. The molecular weight excluding hydrogens is 396 g/mol. The lowest BCUT2D eigenvalue weighted by Gasteiger charge is -2.34. The molecule has 0 atom stereocenters. The van der Waals surface area contributed by atoms with Crippen LogP contribution in [0.4, 0.5) is 4.79 Å². The van der Waals surface area contributed by atoms with E-state index in [4.69, 9.17) is 4.74 Å². The van der Waals surface area contributed by atoms with Crippen LogP contribution in [0.5, 0.6) is 5.88 Å². The van der Waals surface area contributed by atoms with E-state index in [9.17, 15) is 14.4 Å². The lowest BCUT2D eigenvalue weighted by Crippen LogP contribution is -2.50. The van der Waals surface area contributed by atoms with Gasteiger partial charge in [0.1, 0.15) is 18.2 Å². The zero-order valence-electron chi connectivity index (χ0n) is 18.2. The number of imide groups is 1. The molecule has 0 aromatic carbocycles. The Bertz CT molecular complexity index is 829. The standard InChI is InChI=1S/C23H32N4O4/c1-2-16-7-10-23(11-8-16)21(29)27(22(30)26-23)15-19(28)25-14-17-9-12-24-20(13-17)31-18-5-3-4-6-18/h9,12-13,16,18H,2-8,10-11,14-15H2,1H3,(H,25,28)(H,26,30). The van der Waals surface area contributed by atoms with Gasteiger partial charge >= 0.3 is 6.03 Å². The number of hydrogen-bond acceptors (Lipinski definition) is 5. The van der Waals surface area contributed by atoms with Crippen molar-refractivity contribution in [3.05, 3.63) is 23.9 Å². The first kappa shape index (κ1) is 21.6. The molecule has 0 radical (unpaired) electrons. The van der Waals surface area contributed by atoms with Gasteiger partial charge in [-0.15, -0.1) is 0 Å². The molecule has 1 aromatic rings. The predicted octanol–water partition coefficient (Wildman–Crippen LogP) is 2.91. The van der Waals surface area contributed by atoms with Crippen LogP contribution in [0.25, 0.3) is 0 Å². The van der Waals surface area contributed by atoms with E-state index in [0.717, 1.165) is 42.6 Å². The summed E-state index contributed by atoms with van der Waals surface area (Å²) in [6.07, 6.45) is 10.6. The second kappa shape index (κ2) is 9.24. The summed E-state index contributed by atoms with van der Waals surface area (Å²) in [4.78, 5) is 43.1. The van der Waals surface area contributed by atoms with Crippen molar-refractivity contribution in [2.45, 2.75) is 82.9 Å². The van der Waals surface area contributed by atoms with E-state index >= 15 is 0 Å². The van der Waals surface area contributed by atoms with Gasteiger partial charge in [-0.25, -0.2) is 9.78 Å². The van der Waals surface area contributed by atoms with E-state index in [0.29, 0.717) is 24.6 Å². The topological polar surface area (TPSA) is 101 Å². The van der Waals surface area contributed by atoms with Crippen LogP contribution in [-0.2, 0) is 16.1 Å². The largest absolute Gasteiger partial charge is 0.474 e. The van der Waals surface area contributed by atoms with Crippen LogP contribution in [0.15, 0.2) is 18.3 Å². The molecule has 8 heteroatoms. The number of ether oxygens (including phenoxy) is 1. The molecule has 31 heavy (non-hydrogen) atoms. The summed E-state index contributed by atoms with van der Waals surface area (Å²) in [6.45, 7) is 2.18. The minimum Gasteiger partial charge on any atom is -0.474 e. The van der Waals surface area contributed by atoms with Gasteiger partial charge < -0.3 is 15.4 Å². The Morgan fingerprint density at radius 2 is 2.00 bits per heavy atom. The Kier molecular flexibility index (Phi) is 6.43. The smallest absolute Gasteiger partial charge is 0.325 e. The Balaban J connectivity index is 1.29. The average molecular weight is 429 g/mol. The maximum Gasteiger partial charge on any atom is 0.325 e. The van der Waals surface area contributed by atoms with Crippen molar-refractivity contribution in [3.63, 3.8) is 0 Å². The van der Waals surface area contributed by atoms with Gasteiger partial charge in [-0.3, -0.25) is 14.5 Å². The zero-order chi connectivity index (χ0) is 21.8. The highest BCUT2D eigenvalue weighted by atomic mass is 16.5. The monoisotopic (exact) mass is 428 g/mol. The van der Waals surface area contributed by atoms with Gasteiger partial charge in [0.15, 0.2) is 0 Å². The SMILES string of the molecule is CCC1CCC2(CC1)NC(=O)N(CC(=O)NCc1ccnc(OC3CCCC3)c1)C2=O. The summed E-state index contributed by atoms with van der Waals surface area (Å²) >= 11 is 0. The Morgan fingerprint density at radius 1 is 1.26 bits per heavy atom. The number of aromatic nitrogens is 1. The van der Waals surface area contributed by atoms with Crippen LogP contribution < -0.4 is 15.4 Å². The fraction of sp³-hybridized carbons (Fsp3) is 0.652. The van der Waals surface area contributed by atoms with Crippen molar-refractivity contribution in [3.8, 4) is 5.88 Å². The van der Waals surface area contributed by atoms with Crippen molar-refractivity contribution >= 4 is 17.8 Å². The first-order valence-electron chi connectivity index (χ1n) is 11.5. The molecule has 8 nitrogen and oxygen atoms in total. The van der Waals surface area contributed by atoms with Gasteiger partial charge in [-0.2, -0.15) is 0 Å². The number of pyridine rings is 1. The highest BCUT2D eigenvalue weighted by molar-refractivity contribution is 6.09. The second-order valence-corrected chi connectivity index (χ2v) is 9.06. The lowest BCUT2D eigenvalue weighted by molar-refractivity contribution is -0.136. The summed E-state index contributed by atoms with van der Waals surface area (Å²) in [6, 6.07) is 3.18. The molecule has 168 valence electrons. The lowest BCUT2D eigenvalue weighted by atomic mass is 9.75. The molecule has 4 amide bonds. The molecule has 0 bridgehead atoms. The Labute approximate surface area is 183 Å². The van der Waals surface area contributed by atoms with Crippen molar-refractivity contribution in [1.82, 2.24) is 20.5 Å². The minimum atomic E-state index is -0.819. The number of rotatable bonds is 7. The molecule has 2 aliphatic carbocycles. The summed E-state index contributed by atoms with van der Waals surface area (Å²) in [5, 5.41) is 5.67. The number of urea groups is 1. The van der Waals surface area contributed by atoms with Gasteiger partial charge in [0, 0.05) is 18.8 Å². The van der Waals surface area contributed by atoms with E-state index in [-0.39, 0.29) is 31.0 Å². The summed E-state index contributed by atoms with van der Waals surface area (Å²) < 4.78 is 5.91.